The summed E-state index contributed by atoms with van der Waals surface area (Å²) in [4.78, 5) is 0. The van der Waals surface area contributed by atoms with E-state index in [2.05, 4.69) is 60.7 Å². The molecule has 0 atom stereocenters. The van der Waals surface area contributed by atoms with Gasteiger partial charge in [0.2, 0.25) is 0 Å². The summed E-state index contributed by atoms with van der Waals surface area (Å²) < 4.78 is 0. The van der Waals surface area contributed by atoms with Crippen molar-refractivity contribution < 1.29 is 0 Å². The van der Waals surface area contributed by atoms with Gasteiger partial charge in [0.1, 0.15) is 0 Å². The summed E-state index contributed by atoms with van der Waals surface area (Å²) in [6, 6.07) is 21.9. The highest BCUT2D eigenvalue weighted by Gasteiger charge is 2.05. The normalized spacial score (nSPS) is 11.8. The summed E-state index contributed by atoms with van der Waals surface area (Å²) in [7, 11) is 0. The monoisotopic (exact) mass is 202 g/mol. The largest absolute Gasteiger partial charge is 0.0610 e. The van der Waals surface area contributed by atoms with Crippen molar-refractivity contribution in [1.82, 2.24) is 0 Å². The Labute approximate surface area is 93.5 Å². The van der Waals surface area contributed by atoms with Crippen molar-refractivity contribution >= 4 is 32.3 Å². The zero-order valence-electron chi connectivity index (χ0n) is 8.77. The van der Waals surface area contributed by atoms with Gasteiger partial charge in [-0.2, -0.15) is 0 Å². The van der Waals surface area contributed by atoms with E-state index in [0.717, 1.165) is 0 Å². The predicted octanol–water partition coefficient (Wildman–Crippen LogP) is 4.58. The Hall–Kier alpha value is -2.08. The van der Waals surface area contributed by atoms with E-state index in [1.807, 2.05) is 0 Å². The molecular weight excluding hydrogens is 192 g/mol. The molecule has 0 aliphatic carbocycles. The lowest BCUT2D eigenvalue weighted by atomic mass is 10.1. The van der Waals surface area contributed by atoms with E-state index in [4.69, 9.17) is 0 Å². The molecule has 0 heteroatoms. The van der Waals surface area contributed by atoms with E-state index in [0.29, 0.717) is 0 Å². The SMILES string of the molecule is c1cc2ccc3cccc3c3ccc(c1)c23. The molecule has 0 heterocycles. The molecule has 0 fully saturated rings. The molecule has 0 N–H and O–H groups in total. The molecule has 16 heavy (non-hydrogen) atoms. The van der Waals surface area contributed by atoms with Crippen LogP contribution in [0.3, 0.4) is 0 Å². The molecule has 0 bridgehead atoms. The van der Waals surface area contributed by atoms with Gasteiger partial charge in [-0.15, -0.1) is 0 Å². The van der Waals surface area contributed by atoms with Crippen molar-refractivity contribution in [3.05, 3.63) is 60.7 Å². The second-order valence-corrected chi connectivity index (χ2v) is 4.29. The molecule has 0 aromatic heterocycles. The van der Waals surface area contributed by atoms with Crippen molar-refractivity contribution in [2.45, 2.75) is 0 Å². The van der Waals surface area contributed by atoms with E-state index >= 15 is 0 Å². The Kier molecular flexibility index (Phi) is 1.39. The van der Waals surface area contributed by atoms with Gasteiger partial charge in [0.15, 0.2) is 0 Å². The molecule has 0 radical (unpaired) electrons. The topological polar surface area (TPSA) is 0 Å². The maximum Gasteiger partial charge on any atom is -0.00326 e. The molecule has 4 aromatic rings. The zero-order valence-corrected chi connectivity index (χ0v) is 8.77. The minimum Gasteiger partial charge on any atom is -0.0610 e. The van der Waals surface area contributed by atoms with Gasteiger partial charge in [-0.05, 0) is 32.3 Å². The molecule has 4 rings (SSSR count). The van der Waals surface area contributed by atoms with Crippen molar-refractivity contribution in [2.24, 2.45) is 0 Å². The van der Waals surface area contributed by atoms with Crippen molar-refractivity contribution in [3.8, 4) is 0 Å². The number of hydrogen-bond acceptors (Lipinski definition) is 0. The van der Waals surface area contributed by atoms with Gasteiger partial charge in [0, 0.05) is 0 Å². The molecule has 0 unspecified atom stereocenters. The molecule has 74 valence electrons. The number of benzene rings is 1. The highest BCUT2D eigenvalue weighted by Crippen LogP contribution is 2.32. The van der Waals surface area contributed by atoms with Crippen LogP contribution in [0.25, 0.3) is 32.3 Å². The lowest BCUT2D eigenvalue weighted by molar-refractivity contribution is 1.88. The lowest BCUT2D eigenvalue weighted by Crippen LogP contribution is -1.65. The fourth-order valence-corrected chi connectivity index (χ4v) is 2.66. The second kappa shape index (κ2) is 2.73. The average molecular weight is 202 g/mol. The molecule has 0 aliphatic heterocycles. The molecule has 0 saturated heterocycles. The third kappa shape index (κ3) is 0.892. The number of hydrogen-bond donors (Lipinski definition) is 0. The fraction of sp³-hybridized carbons (Fsp3) is 0. The summed E-state index contributed by atoms with van der Waals surface area (Å²) >= 11 is 0. The maximum absolute atomic E-state index is 2.24. The molecule has 0 aliphatic rings. The molecule has 0 nitrogen and oxygen atoms in total. The molecule has 4 aromatic carbocycles. The van der Waals surface area contributed by atoms with Crippen molar-refractivity contribution in [1.29, 1.82) is 0 Å². The Morgan fingerprint density at radius 1 is 0.438 bits per heavy atom. The fourth-order valence-electron chi connectivity index (χ4n) is 2.66. The van der Waals surface area contributed by atoms with Crippen LogP contribution in [-0.2, 0) is 0 Å². The Bertz CT molecular complexity index is 796. The van der Waals surface area contributed by atoms with Crippen LogP contribution < -0.4 is 0 Å². The van der Waals surface area contributed by atoms with Crippen LogP contribution >= 0.6 is 0 Å². The first-order valence-corrected chi connectivity index (χ1v) is 5.56. The van der Waals surface area contributed by atoms with Crippen molar-refractivity contribution in [3.63, 3.8) is 0 Å². The van der Waals surface area contributed by atoms with Gasteiger partial charge >= 0.3 is 0 Å². The zero-order chi connectivity index (χ0) is 10.5. The summed E-state index contributed by atoms with van der Waals surface area (Å²) in [6.45, 7) is 0. The van der Waals surface area contributed by atoms with E-state index < -0.39 is 0 Å². The summed E-state index contributed by atoms with van der Waals surface area (Å²) in [6.07, 6.45) is 0. The molecule has 0 amide bonds. The van der Waals surface area contributed by atoms with Gasteiger partial charge in [-0.25, -0.2) is 0 Å². The van der Waals surface area contributed by atoms with Crippen LogP contribution in [0, 0.1) is 0 Å². The Balaban J connectivity index is 2.49. The van der Waals surface area contributed by atoms with Crippen LogP contribution in [0.1, 0.15) is 0 Å². The highest BCUT2D eigenvalue weighted by atomic mass is 14.1. The summed E-state index contributed by atoms with van der Waals surface area (Å²) in [5.41, 5.74) is 0. The first-order chi connectivity index (χ1) is 7.93. The van der Waals surface area contributed by atoms with Crippen molar-refractivity contribution in [2.75, 3.05) is 0 Å². The van der Waals surface area contributed by atoms with Crippen LogP contribution in [-0.4, -0.2) is 0 Å². The van der Waals surface area contributed by atoms with Gasteiger partial charge < -0.3 is 0 Å². The van der Waals surface area contributed by atoms with Gasteiger partial charge in [-0.3, -0.25) is 0 Å². The first-order valence-electron chi connectivity index (χ1n) is 5.56. The average Bonchev–Trinajstić information content (AvgIpc) is 2.88. The standard InChI is InChI=1S/C16H10/c1-4-12-8-7-11-3-2-6-14(11)15-10-9-13(5-1)16(12)15/h1-10H. The molecule has 0 spiro atoms. The third-order valence-electron chi connectivity index (χ3n) is 3.41. The van der Waals surface area contributed by atoms with Crippen LogP contribution in [0.2, 0.25) is 0 Å². The molecular formula is C16H10. The first kappa shape index (κ1) is 8.12. The number of fused-ring (bicyclic) bond motifs is 2. The van der Waals surface area contributed by atoms with Crippen LogP contribution in [0.4, 0.5) is 0 Å². The van der Waals surface area contributed by atoms with Gasteiger partial charge in [0.25, 0.3) is 0 Å². The maximum atomic E-state index is 2.24. The molecule has 0 saturated carbocycles. The Morgan fingerprint density at radius 3 is 1.94 bits per heavy atom. The van der Waals surface area contributed by atoms with Gasteiger partial charge in [0.05, 0.1) is 0 Å². The summed E-state index contributed by atoms with van der Waals surface area (Å²) in [5.74, 6) is 0. The van der Waals surface area contributed by atoms with E-state index in [1.165, 1.54) is 32.3 Å². The van der Waals surface area contributed by atoms with E-state index in [1.54, 1.807) is 0 Å². The minimum atomic E-state index is 1.32. The Morgan fingerprint density at radius 2 is 1.06 bits per heavy atom. The van der Waals surface area contributed by atoms with Crippen LogP contribution in [0.15, 0.2) is 60.7 Å². The predicted molar refractivity (Wildman–Crippen MR) is 70.1 cm³/mol. The van der Waals surface area contributed by atoms with Gasteiger partial charge in [-0.1, -0.05) is 60.7 Å². The minimum absolute atomic E-state index is 1.32. The van der Waals surface area contributed by atoms with E-state index in [9.17, 15) is 0 Å². The quantitative estimate of drug-likeness (QED) is 0.391. The lowest BCUT2D eigenvalue weighted by Gasteiger charge is -1.93. The highest BCUT2D eigenvalue weighted by molar-refractivity contribution is 6.20. The van der Waals surface area contributed by atoms with Crippen LogP contribution in [0.5, 0.6) is 0 Å². The second-order valence-electron chi connectivity index (χ2n) is 4.29. The summed E-state index contributed by atoms with van der Waals surface area (Å²) in [5, 5.41) is 8.11. The number of rotatable bonds is 0. The third-order valence-corrected chi connectivity index (χ3v) is 3.41. The van der Waals surface area contributed by atoms with E-state index in [-0.39, 0.29) is 0 Å². The smallest absolute Gasteiger partial charge is 0.00326 e.